The number of anilines is 1. The van der Waals surface area contributed by atoms with E-state index in [9.17, 15) is 13.2 Å². The highest BCUT2D eigenvalue weighted by Gasteiger charge is 2.32. The smallest absolute Gasteiger partial charge is 0.383 e. The molecule has 12 heteroatoms. The van der Waals surface area contributed by atoms with E-state index >= 15 is 0 Å². The van der Waals surface area contributed by atoms with Gasteiger partial charge >= 0.3 is 6.18 Å². The molecule has 0 amide bonds. The highest BCUT2D eigenvalue weighted by atomic mass is 35.5. The number of rotatable bonds is 3. The standard InChI is InChI=1S/C23H21F3N6.3ClH/c24-23(25,26)19-3-1-2-14-10-29-20(9-16(14)19)17-8-15(11-30-22(17)27)18-12-31-32-21(18)13-4-6-28-7-5-13;;;/h1-3,8-13,28H,4-7H2,(H2,27,30)(H,31,32);3*1H. The molecule has 1 aromatic carbocycles. The van der Waals surface area contributed by atoms with Gasteiger partial charge in [0.1, 0.15) is 5.82 Å². The van der Waals surface area contributed by atoms with Gasteiger partial charge in [-0.3, -0.25) is 10.1 Å². The predicted molar refractivity (Wildman–Crippen MR) is 139 cm³/mol. The molecule has 4 heterocycles. The molecule has 3 aromatic heterocycles. The van der Waals surface area contributed by atoms with Gasteiger partial charge in [0.15, 0.2) is 0 Å². The van der Waals surface area contributed by atoms with Crippen molar-refractivity contribution in [3.8, 4) is 22.4 Å². The number of nitrogens with zero attached hydrogens (tertiary/aromatic N) is 3. The summed E-state index contributed by atoms with van der Waals surface area (Å²) in [5, 5.41) is 11.2. The van der Waals surface area contributed by atoms with Gasteiger partial charge in [-0.15, -0.1) is 37.2 Å². The summed E-state index contributed by atoms with van der Waals surface area (Å²) < 4.78 is 40.6. The van der Waals surface area contributed by atoms with E-state index in [4.69, 9.17) is 5.73 Å². The summed E-state index contributed by atoms with van der Waals surface area (Å²) in [5.41, 5.74) is 8.99. The summed E-state index contributed by atoms with van der Waals surface area (Å²) in [6, 6.07) is 7.31. The fourth-order valence-corrected chi connectivity index (χ4v) is 4.34. The molecule has 1 fully saturated rings. The minimum Gasteiger partial charge on any atom is -0.383 e. The maximum Gasteiger partial charge on any atom is 0.417 e. The molecular weight excluding hydrogens is 524 g/mol. The molecule has 0 bridgehead atoms. The Kier molecular flexibility index (Phi) is 9.36. The number of nitrogens with two attached hydrogens (primary N) is 1. The molecule has 0 saturated carbocycles. The summed E-state index contributed by atoms with van der Waals surface area (Å²) in [6.07, 6.45) is 2.38. The average Bonchev–Trinajstić information content (AvgIpc) is 3.28. The lowest BCUT2D eigenvalue weighted by Crippen LogP contribution is -2.27. The fraction of sp³-hybridized carbons (Fsp3) is 0.261. The van der Waals surface area contributed by atoms with Crippen molar-refractivity contribution in [2.75, 3.05) is 18.8 Å². The summed E-state index contributed by atoms with van der Waals surface area (Å²) in [5.74, 6) is 0.555. The number of alkyl halides is 3. The van der Waals surface area contributed by atoms with Crippen LogP contribution in [0.4, 0.5) is 19.0 Å². The zero-order valence-corrected chi connectivity index (χ0v) is 20.8. The van der Waals surface area contributed by atoms with Crippen LogP contribution in [0.5, 0.6) is 0 Å². The lowest BCUT2D eigenvalue weighted by Gasteiger charge is -2.22. The second-order valence-electron chi connectivity index (χ2n) is 7.97. The third kappa shape index (κ3) is 5.64. The van der Waals surface area contributed by atoms with Gasteiger partial charge in [0.2, 0.25) is 0 Å². The van der Waals surface area contributed by atoms with Crippen LogP contribution in [-0.2, 0) is 6.18 Å². The molecule has 35 heavy (non-hydrogen) atoms. The minimum absolute atomic E-state index is 0. The van der Waals surface area contributed by atoms with Crippen molar-refractivity contribution >= 4 is 53.8 Å². The normalized spacial score (nSPS) is 14.0. The molecule has 1 aliphatic rings. The molecule has 0 radical (unpaired) electrons. The Balaban J connectivity index is 0.00000144. The zero-order chi connectivity index (χ0) is 22.3. The molecule has 5 rings (SSSR count). The first kappa shape index (κ1) is 28.6. The van der Waals surface area contributed by atoms with Crippen LogP contribution in [0.3, 0.4) is 0 Å². The average molecular weight is 548 g/mol. The molecule has 0 atom stereocenters. The third-order valence-corrected chi connectivity index (χ3v) is 5.99. The van der Waals surface area contributed by atoms with Gasteiger partial charge in [-0.25, -0.2) is 4.98 Å². The molecule has 6 nitrogen and oxygen atoms in total. The first-order chi connectivity index (χ1) is 15.4. The molecule has 0 unspecified atom stereocenters. The van der Waals surface area contributed by atoms with Gasteiger partial charge in [-0.2, -0.15) is 18.3 Å². The van der Waals surface area contributed by atoms with Crippen LogP contribution in [0.25, 0.3) is 33.2 Å². The van der Waals surface area contributed by atoms with Gasteiger partial charge < -0.3 is 11.1 Å². The highest BCUT2D eigenvalue weighted by molar-refractivity contribution is 5.90. The number of hydrogen-bond donors (Lipinski definition) is 3. The Morgan fingerprint density at radius 1 is 0.914 bits per heavy atom. The maximum absolute atomic E-state index is 13.5. The van der Waals surface area contributed by atoms with E-state index in [0.29, 0.717) is 22.6 Å². The van der Waals surface area contributed by atoms with Gasteiger partial charge in [0.25, 0.3) is 0 Å². The molecule has 0 aliphatic carbocycles. The Labute approximate surface area is 218 Å². The van der Waals surface area contributed by atoms with E-state index in [0.717, 1.165) is 48.8 Å². The molecule has 4 N–H and O–H groups in total. The maximum atomic E-state index is 13.5. The number of piperidine rings is 1. The predicted octanol–water partition coefficient (Wildman–Crippen LogP) is 6.02. The quantitative estimate of drug-likeness (QED) is 0.292. The van der Waals surface area contributed by atoms with Crippen LogP contribution < -0.4 is 11.1 Å². The number of halogens is 6. The Bertz CT molecular complexity index is 1290. The van der Waals surface area contributed by atoms with Crippen molar-refractivity contribution in [1.82, 2.24) is 25.5 Å². The van der Waals surface area contributed by atoms with Crippen molar-refractivity contribution < 1.29 is 13.2 Å². The lowest BCUT2D eigenvalue weighted by molar-refractivity contribution is -0.136. The number of aromatic amines is 1. The number of aromatic nitrogens is 4. The highest BCUT2D eigenvalue weighted by Crippen LogP contribution is 2.38. The Morgan fingerprint density at radius 3 is 2.37 bits per heavy atom. The molecule has 4 aromatic rings. The summed E-state index contributed by atoms with van der Waals surface area (Å²) >= 11 is 0. The SMILES string of the molecule is Cl.Cl.Cl.Nc1ncc(-c2cn[nH]c2C2CCNCC2)cc1-c1cc2c(C(F)(F)F)cccc2cn1. The Morgan fingerprint density at radius 2 is 1.66 bits per heavy atom. The van der Waals surface area contributed by atoms with Crippen LogP contribution in [0.1, 0.15) is 30.0 Å². The van der Waals surface area contributed by atoms with E-state index in [1.54, 1.807) is 18.5 Å². The van der Waals surface area contributed by atoms with E-state index < -0.39 is 11.7 Å². The number of nitrogen functional groups attached to an aromatic ring is 1. The molecule has 0 spiro atoms. The fourth-order valence-electron chi connectivity index (χ4n) is 4.34. The van der Waals surface area contributed by atoms with Crippen molar-refractivity contribution in [3.63, 3.8) is 0 Å². The number of hydrogen-bond acceptors (Lipinski definition) is 5. The zero-order valence-electron chi connectivity index (χ0n) is 18.3. The largest absolute Gasteiger partial charge is 0.417 e. The molecular formula is C23H24Cl3F3N6. The first-order valence-corrected chi connectivity index (χ1v) is 10.4. The van der Waals surface area contributed by atoms with E-state index in [1.165, 1.54) is 18.3 Å². The number of H-pyrrole nitrogens is 1. The van der Waals surface area contributed by atoms with Crippen LogP contribution >= 0.6 is 37.2 Å². The number of nitrogens with one attached hydrogen (secondary N) is 2. The minimum atomic E-state index is -4.47. The van der Waals surface area contributed by atoms with E-state index in [1.807, 2.05) is 6.07 Å². The van der Waals surface area contributed by atoms with Crippen molar-refractivity contribution in [2.24, 2.45) is 0 Å². The van der Waals surface area contributed by atoms with Crippen molar-refractivity contribution in [3.05, 3.63) is 60.2 Å². The van der Waals surface area contributed by atoms with Crippen LogP contribution in [0.2, 0.25) is 0 Å². The van der Waals surface area contributed by atoms with Crippen LogP contribution in [0, 0.1) is 0 Å². The van der Waals surface area contributed by atoms with Crippen LogP contribution in [-0.4, -0.2) is 33.3 Å². The second-order valence-corrected chi connectivity index (χ2v) is 7.97. The van der Waals surface area contributed by atoms with Crippen molar-refractivity contribution in [2.45, 2.75) is 24.9 Å². The van der Waals surface area contributed by atoms with Gasteiger partial charge in [-0.05, 0) is 49.5 Å². The topological polar surface area (TPSA) is 92.5 Å². The number of fused-ring (bicyclic) bond motifs is 1. The molecule has 1 saturated heterocycles. The van der Waals surface area contributed by atoms with Crippen LogP contribution in [0.15, 0.2) is 48.9 Å². The number of benzene rings is 1. The summed E-state index contributed by atoms with van der Waals surface area (Å²) in [7, 11) is 0. The molecule has 188 valence electrons. The monoisotopic (exact) mass is 546 g/mol. The second kappa shape index (κ2) is 11.4. The van der Waals surface area contributed by atoms with E-state index in [2.05, 4.69) is 25.5 Å². The molecule has 1 aliphatic heterocycles. The van der Waals surface area contributed by atoms with Crippen molar-refractivity contribution in [1.29, 1.82) is 0 Å². The van der Waals surface area contributed by atoms with Gasteiger partial charge in [0.05, 0.1) is 17.5 Å². The van der Waals surface area contributed by atoms with E-state index in [-0.39, 0.29) is 48.4 Å². The van der Waals surface area contributed by atoms with Gasteiger partial charge in [0, 0.05) is 46.1 Å². The summed E-state index contributed by atoms with van der Waals surface area (Å²) in [4.78, 5) is 8.69. The Hall–Kier alpha value is -2.59. The third-order valence-electron chi connectivity index (χ3n) is 5.99. The number of pyridine rings is 2. The van der Waals surface area contributed by atoms with Gasteiger partial charge in [-0.1, -0.05) is 12.1 Å². The lowest BCUT2D eigenvalue weighted by atomic mass is 9.90. The first-order valence-electron chi connectivity index (χ1n) is 10.4. The summed E-state index contributed by atoms with van der Waals surface area (Å²) in [6.45, 7) is 1.88.